The van der Waals surface area contributed by atoms with Gasteiger partial charge in [-0.3, -0.25) is 0 Å². The number of fused-ring (bicyclic) bond motifs is 1. The van der Waals surface area contributed by atoms with E-state index in [1.54, 1.807) is 6.33 Å². The molecule has 1 aromatic carbocycles. The van der Waals surface area contributed by atoms with Crippen molar-refractivity contribution in [2.45, 2.75) is 68.7 Å². The molecule has 2 rings (SSSR count). The molecule has 1 heterocycles. The Morgan fingerprint density at radius 1 is 0.850 bits per heavy atom. The molecule has 0 unspecified atom stereocenters. The van der Waals surface area contributed by atoms with Gasteiger partial charge in [0, 0.05) is 5.39 Å². The van der Waals surface area contributed by atoms with Crippen molar-refractivity contribution in [3.8, 4) is 0 Å². The Morgan fingerprint density at radius 3 is 1.85 bits per heavy atom. The summed E-state index contributed by atoms with van der Waals surface area (Å²) < 4.78 is 0. The van der Waals surface area contributed by atoms with Crippen molar-refractivity contribution < 1.29 is 0 Å². The van der Waals surface area contributed by atoms with E-state index in [4.69, 9.17) is 0 Å². The van der Waals surface area contributed by atoms with Crippen LogP contribution in [0.1, 0.15) is 68.0 Å². The predicted octanol–water partition coefficient (Wildman–Crippen LogP) is 6.30. The summed E-state index contributed by atoms with van der Waals surface area (Å²) in [6, 6.07) is 8.09. The van der Waals surface area contributed by atoms with Crippen molar-refractivity contribution in [1.82, 2.24) is 9.97 Å². The van der Waals surface area contributed by atoms with E-state index in [-0.39, 0.29) is 7.43 Å². The van der Waals surface area contributed by atoms with Crippen molar-refractivity contribution in [1.29, 1.82) is 0 Å². The van der Waals surface area contributed by atoms with Gasteiger partial charge >= 0.3 is 0 Å². The Morgan fingerprint density at radius 2 is 1.35 bits per heavy atom. The summed E-state index contributed by atoms with van der Waals surface area (Å²) in [6.07, 6.45) is 3.84. The normalized spacial score (nSPS) is 7.75. The van der Waals surface area contributed by atoms with E-state index >= 15 is 0 Å². The average Bonchev–Trinajstić information content (AvgIpc) is 2.51. The number of hydrogen-bond acceptors (Lipinski definition) is 2. The van der Waals surface area contributed by atoms with E-state index in [9.17, 15) is 0 Å². The van der Waals surface area contributed by atoms with Crippen LogP contribution in [0.2, 0.25) is 0 Å². The highest BCUT2D eigenvalue weighted by Gasteiger charge is 1.98. The van der Waals surface area contributed by atoms with Gasteiger partial charge in [0.1, 0.15) is 6.33 Å². The number of benzene rings is 1. The first-order chi connectivity index (χ1) is 9.33. The molecule has 0 atom stereocenters. The van der Waals surface area contributed by atoms with Crippen LogP contribution in [0, 0.1) is 0 Å². The number of rotatable bonds is 1. The van der Waals surface area contributed by atoms with Crippen molar-refractivity contribution in [3.63, 3.8) is 0 Å². The van der Waals surface area contributed by atoms with Gasteiger partial charge in [-0.25, -0.2) is 9.97 Å². The number of para-hydroxylation sites is 1. The molecule has 0 fully saturated rings. The Bertz CT molecular complexity index is 406. The van der Waals surface area contributed by atoms with Crippen LogP contribution in [-0.4, -0.2) is 9.97 Å². The first-order valence-electron chi connectivity index (χ1n) is 7.52. The van der Waals surface area contributed by atoms with Crippen molar-refractivity contribution >= 4 is 10.9 Å². The molecule has 0 amide bonds. The molecule has 0 saturated carbocycles. The van der Waals surface area contributed by atoms with E-state index in [1.165, 1.54) is 11.8 Å². The van der Waals surface area contributed by atoms with Gasteiger partial charge in [0.25, 0.3) is 0 Å². The minimum absolute atomic E-state index is 0. The third-order valence-electron chi connectivity index (χ3n) is 1.96. The summed E-state index contributed by atoms with van der Waals surface area (Å²) in [5, 5.41) is 1.17. The van der Waals surface area contributed by atoms with E-state index < -0.39 is 0 Å². The maximum absolute atomic E-state index is 4.21. The second-order valence-electron chi connectivity index (χ2n) is 3.40. The van der Waals surface area contributed by atoms with Crippen LogP contribution in [0.5, 0.6) is 0 Å². The molecular formula is C18H34N2. The third-order valence-corrected chi connectivity index (χ3v) is 1.96. The van der Waals surface area contributed by atoms with E-state index in [2.05, 4.69) is 36.8 Å². The van der Waals surface area contributed by atoms with Gasteiger partial charge in [0.15, 0.2) is 0 Å². The summed E-state index contributed by atoms with van der Waals surface area (Å²) >= 11 is 0. The largest absolute Gasteiger partial charge is 0.241 e. The Kier molecular flexibility index (Phi) is 20.8. The third kappa shape index (κ3) is 8.63. The van der Waals surface area contributed by atoms with Gasteiger partial charge in [-0.1, -0.05) is 80.5 Å². The SMILES string of the molecule is C.CC.CC.CCC.CCc1ncnc2ccccc12. The van der Waals surface area contributed by atoms with Gasteiger partial charge in [0.05, 0.1) is 11.2 Å². The van der Waals surface area contributed by atoms with Crippen molar-refractivity contribution in [3.05, 3.63) is 36.3 Å². The molecule has 116 valence electrons. The van der Waals surface area contributed by atoms with Crippen LogP contribution < -0.4 is 0 Å². The smallest absolute Gasteiger partial charge is 0.116 e. The fourth-order valence-corrected chi connectivity index (χ4v) is 1.34. The van der Waals surface area contributed by atoms with Gasteiger partial charge in [-0.2, -0.15) is 0 Å². The molecule has 2 heteroatoms. The second kappa shape index (κ2) is 17.6. The quantitative estimate of drug-likeness (QED) is 0.612. The fraction of sp³-hybridized carbons (Fsp3) is 0.556. The Labute approximate surface area is 126 Å². The summed E-state index contributed by atoms with van der Waals surface area (Å²) in [6.45, 7) is 14.4. The molecular weight excluding hydrogens is 244 g/mol. The minimum Gasteiger partial charge on any atom is -0.241 e. The van der Waals surface area contributed by atoms with Crippen LogP contribution in [0.3, 0.4) is 0 Å². The van der Waals surface area contributed by atoms with Crippen LogP contribution in [-0.2, 0) is 6.42 Å². The van der Waals surface area contributed by atoms with Gasteiger partial charge < -0.3 is 0 Å². The maximum atomic E-state index is 4.21. The average molecular weight is 278 g/mol. The van der Waals surface area contributed by atoms with Gasteiger partial charge in [-0.05, 0) is 12.5 Å². The maximum Gasteiger partial charge on any atom is 0.116 e. The highest BCUT2D eigenvalue weighted by atomic mass is 14.8. The lowest BCUT2D eigenvalue weighted by Crippen LogP contribution is -1.90. The van der Waals surface area contributed by atoms with Crippen molar-refractivity contribution in [2.24, 2.45) is 0 Å². The summed E-state index contributed by atoms with van der Waals surface area (Å²) in [5.74, 6) is 0. The summed E-state index contributed by atoms with van der Waals surface area (Å²) in [5.41, 5.74) is 2.16. The molecule has 0 spiro atoms. The van der Waals surface area contributed by atoms with Gasteiger partial charge in [0.2, 0.25) is 0 Å². The first kappa shape index (κ1) is 23.6. The van der Waals surface area contributed by atoms with Crippen LogP contribution >= 0.6 is 0 Å². The molecule has 0 aliphatic rings. The summed E-state index contributed by atoms with van der Waals surface area (Å²) in [7, 11) is 0. The molecule has 20 heavy (non-hydrogen) atoms. The lowest BCUT2D eigenvalue weighted by molar-refractivity contribution is 1.03. The monoisotopic (exact) mass is 278 g/mol. The van der Waals surface area contributed by atoms with Crippen molar-refractivity contribution in [2.75, 3.05) is 0 Å². The number of hydrogen-bond donors (Lipinski definition) is 0. The molecule has 0 radical (unpaired) electrons. The van der Waals surface area contributed by atoms with E-state index in [1.807, 2.05) is 45.9 Å². The Hall–Kier alpha value is -1.44. The molecule has 2 nitrogen and oxygen atoms in total. The zero-order valence-corrected chi connectivity index (χ0v) is 13.7. The standard InChI is InChI=1S/C10H10N2.C3H8.2C2H6.CH4/c1-2-9-8-5-3-4-6-10(8)12-7-11-9;1-3-2;2*1-2;/h3-7H,2H2,1H3;3H2,1-2H3;2*1-2H3;1H4. The Balaban J connectivity index is -0.000000315. The molecule has 0 N–H and O–H groups in total. The minimum atomic E-state index is 0. The van der Waals surface area contributed by atoms with E-state index in [0.717, 1.165) is 17.6 Å². The second-order valence-corrected chi connectivity index (χ2v) is 3.40. The van der Waals surface area contributed by atoms with Gasteiger partial charge in [-0.15, -0.1) is 0 Å². The lowest BCUT2D eigenvalue weighted by Gasteiger charge is -2.00. The summed E-state index contributed by atoms with van der Waals surface area (Å²) in [4.78, 5) is 8.39. The molecule has 0 bridgehead atoms. The highest BCUT2D eigenvalue weighted by Crippen LogP contribution is 2.13. The number of aromatic nitrogens is 2. The molecule has 1 aromatic heterocycles. The molecule has 2 aromatic rings. The molecule has 0 aliphatic carbocycles. The topological polar surface area (TPSA) is 25.8 Å². The lowest BCUT2D eigenvalue weighted by atomic mass is 10.1. The number of nitrogens with zero attached hydrogens (tertiary/aromatic N) is 2. The predicted molar refractivity (Wildman–Crippen MR) is 94.3 cm³/mol. The molecule has 0 saturated heterocycles. The van der Waals surface area contributed by atoms with Crippen LogP contribution in [0.15, 0.2) is 30.6 Å². The van der Waals surface area contributed by atoms with Crippen LogP contribution in [0.25, 0.3) is 10.9 Å². The van der Waals surface area contributed by atoms with E-state index in [0.29, 0.717) is 0 Å². The van der Waals surface area contributed by atoms with Crippen LogP contribution in [0.4, 0.5) is 0 Å². The molecule has 0 aliphatic heterocycles. The number of aryl methyl sites for hydroxylation is 1. The zero-order chi connectivity index (χ0) is 15.1. The fourth-order valence-electron chi connectivity index (χ4n) is 1.34. The zero-order valence-electron chi connectivity index (χ0n) is 13.7. The first-order valence-corrected chi connectivity index (χ1v) is 7.52. The highest BCUT2D eigenvalue weighted by molar-refractivity contribution is 5.80.